The molecule has 1 aromatic carbocycles. The van der Waals surface area contributed by atoms with E-state index in [1.165, 1.54) is 0 Å². The molecular weight excluding hydrogens is 244 g/mol. The zero-order valence-electron chi connectivity index (χ0n) is 8.76. The highest BCUT2D eigenvalue weighted by molar-refractivity contribution is 6.31. The smallest absolute Gasteiger partial charge is 0.312 e. The molecule has 5 nitrogen and oxygen atoms in total. The van der Waals surface area contributed by atoms with Crippen LogP contribution in [0.3, 0.4) is 0 Å². The number of hydrogen-bond donors (Lipinski definition) is 1. The first-order valence-corrected chi connectivity index (χ1v) is 5.29. The van der Waals surface area contributed by atoms with Gasteiger partial charge in [-0.1, -0.05) is 29.8 Å². The van der Waals surface area contributed by atoms with Gasteiger partial charge in [-0.25, -0.2) is 0 Å². The Morgan fingerprint density at radius 1 is 1.29 bits per heavy atom. The summed E-state index contributed by atoms with van der Waals surface area (Å²) in [6.45, 7) is 0. The van der Waals surface area contributed by atoms with Crippen LogP contribution in [-0.2, 0) is 17.6 Å². The topological polar surface area (TPSA) is 76.2 Å². The van der Waals surface area contributed by atoms with Crippen LogP contribution in [0.5, 0.6) is 0 Å². The Morgan fingerprint density at radius 2 is 2.00 bits per heavy atom. The Hall–Kier alpha value is -1.88. The summed E-state index contributed by atoms with van der Waals surface area (Å²) in [4.78, 5) is 10.4. The van der Waals surface area contributed by atoms with Gasteiger partial charge in [-0.05, 0) is 11.6 Å². The van der Waals surface area contributed by atoms with Crippen LogP contribution >= 0.6 is 11.6 Å². The molecule has 0 spiro atoms. The first-order valence-electron chi connectivity index (χ1n) is 4.91. The van der Waals surface area contributed by atoms with Gasteiger partial charge >= 0.3 is 5.97 Å². The van der Waals surface area contributed by atoms with Gasteiger partial charge in [0, 0.05) is 5.02 Å². The Balaban J connectivity index is 2.12. The van der Waals surface area contributed by atoms with Crippen LogP contribution in [0, 0.1) is 0 Å². The molecule has 0 aliphatic carbocycles. The summed E-state index contributed by atoms with van der Waals surface area (Å²) in [5.41, 5.74) is 0.861. The molecule has 0 aliphatic heterocycles. The average Bonchev–Trinajstić information content (AvgIpc) is 2.68. The van der Waals surface area contributed by atoms with Crippen molar-refractivity contribution in [2.75, 3.05) is 0 Å². The van der Waals surface area contributed by atoms with E-state index >= 15 is 0 Å². The van der Waals surface area contributed by atoms with Gasteiger partial charge < -0.3 is 9.52 Å². The van der Waals surface area contributed by atoms with E-state index in [9.17, 15) is 4.79 Å². The van der Waals surface area contributed by atoms with Crippen LogP contribution in [0.4, 0.5) is 0 Å². The Labute approximate surface area is 102 Å². The predicted molar refractivity (Wildman–Crippen MR) is 59.9 cm³/mol. The minimum absolute atomic E-state index is 0.0968. The first kappa shape index (κ1) is 11.6. The van der Waals surface area contributed by atoms with E-state index in [0.717, 1.165) is 5.56 Å². The first-order chi connectivity index (χ1) is 8.15. The van der Waals surface area contributed by atoms with Crippen molar-refractivity contribution in [3.8, 4) is 0 Å². The standard InChI is InChI=1S/C11H9ClN2O3/c12-8-4-2-1-3-7(8)5-9-13-14-10(17-9)6-11(15)16/h1-4H,5-6H2,(H,15,16). The van der Waals surface area contributed by atoms with Crippen LogP contribution in [0.25, 0.3) is 0 Å². The molecule has 1 aromatic heterocycles. The highest BCUT2D eigenvalue weighted by Crippen LogP contribution is 2.18. The number of aliphatic carboxylic acids is 1. The second-order valence-electron chi connectivity index (χ2n) is 3.43. The molecule has 0 saturated carbocycles. The summed E-state index contributed by atoms with van der Waals surface area (Å²) in [5, 5.41) is 16.6. The molecule has 2 aromatic rings. The van der Waals surface area contributed by atoms with Crippen molar-refractivity contribution in [3.05, 3.63) is 46.6 Å². The number of carboxylic acids is 1. The average molecular weight is 253 g/mol. The number of carboxylic acid groups (broad SMARTS) is 1. The quantitative estimate of drug-likeness (QED) is 0.900. The Bertz CT molecular complexity index is 539. The van der Waals surface area contributed by atoms with Gasteiger partial charge in [-0.3, -0.25) is 4.79 Å². The summed E-state index contributed by atoms with van der Waals surface area (Å²) in [5.74, 6) is -0.549. The van der Waals surface area contributed by atoms with Gasteiger partial charge in [0.2, 0.25) is 11.8 Å². The van der Waals surface area contributed by atoms with E-state index in [1.54, 1.807) is 6.07 Å². The number of aromatic nitrogens is 2. The van der Waals surface area contributed by atoms with Gasteiger partial charge in [0.05, 0.1) is 6.42 Å². The van der Waals surface area contributed by atoms with Crippen molar-refractivity contribution in [1.29, 1.82) is 0 Å². The van der Waals surface area contributed by atoms with Gasteiger partial charge in [0.25, 0.3) is 0 Å². The van der Waals surface area contributed by atoms with Crippen molar-refractivity contribution >= 4 is 17.6 Å². The second kappa shape index (κ2) is 4.97. The number of halogens is 1. The molecule has 0 aliphatic rings. The molecule has 0 amide bonds. The third-order valence-electron chi connectivity index (χ3n) is 2.11. The van der Waals surface area contributed by atoms with Gasteiger partial charge in [0.1, 0.15) is 6.42 Å². The van der Waals surface area contributed by atoms with Crippen molar-refractivity contribution in [3.63, 3.8) is 0 Å². The summed E-state index contributed by atoms with van der Waals surface area (Å²) >= 11 is 5.98. The fourth-order valence-electron chi connectivity index (χ4n) is 1.37. The molecule has 1 heterocycles. The van der Waals surface area contributed by atoms with Crippen LogP contribution in [-0.4, -0.2) is 21.3 Å². The van der Waals surface area contributed by atoms with E-state index in [4.69, 9.17) is 21.1 Å². The SMILES string of the molecule is O=C(O)Cc1nnc(Cc2ccccc2Cl)o1. The van der Waals surface area contributed by atoms with Gasteiger partial charge in [-0.15, -0.1) is 10.2 Å². The predicted octanol–water partition coefficient (Wildman–Crippen LogP) is 1.94. The fraction of sp³-hybridized carbons (Fsp3) is 0.182. The lowest BCUT2D eigenvalue weighted by Crippen LogP contribution is -1.99. The van der Waals surface area contributed by atoms with Crippen LogP contribution in [0.1, 0.15) is 17.3 Å². The maximum Gasteiger partial charge on any atom is 0.312 e. The maximum atomic E-state index is 10.4. The minimum Gasteiger partial charge on any atom is -0.481 e. The normalized spacial score (nSPS) is 10.4. The van der Waals surface area contributed by atoms with Crippen LogP contribution in [0.2, 0.25) is 5.02 Å². The van der Waals surface area contributed by atoms with Gasteiger partial charge in [-0.2, -0.15) is 0 Å². The van der Waals surface area contributed by atoms with E-state index in [1.807, 2.05) is 18.2 Å². The summed E-state index contributed by atoms with van der Waals surface area (Å²) in [6.07, 6.45) is 0.127. The van der Waals surface area contributed by atoms with Crippen molar-refractivity contribution in [2.24, 2.45) is 0 Å². The molecule has 0 saturated heterocycles. The van der Waals surface area contributed by atoms with Crippen LogP contribution < -0.4 is 0 Å². The Kier molecular flexibility index (Phi) is 3.39. The second-order valence-corrected chi connectivity index (χ2v) is 3.84. The summed E-state index contributed by atoms with van der Waals surface area (Å²) < 4.78 is 5.19. The molecule has 6 heteroatoms. The zero-order valence-corrected chi connectivity index (χ0v) is 9.52. The molecule has 2 rings (SSSR count). The summed E-state index contributed by atoms with van der Waals surface area (Å²) in [7, 11) is 0. The lowest BCUT2D eigenvalue weighted by Gasteiger charge is -1.99. The molecule has 0 atom stereocenters. The molecule has 88 valence electrons. The van der Waals surface area contributed by atoms with Crippen LogP contribution in [0.15, 0.2) is 28.7 Å². The molecule has 0 fully saturated rings. The molecule has 0 radical (unpaired) electrons. The number of nitrogens with zero attached hydrogens (tertiary/aromatic N) is 2. The lowest BCUT2D eigenvalue weighted by molar-refractivity contribution is -0.136. The van der Waals surface area contributed by atoms with Gasteiger partial charge in [0.15, 0.2) is 0 Å². The fourth-order valence-corrected chi connectivity index (χ4v) is 1.57. The molecule has 17 heavy (non-hydrogen) atoms. The largest absolute Gasteiger partial charge is 0.481 e. The maximum absolute atomic E-state index is 10.4. The third-order valence-corrected chi connectivity index (χ3v) is 2.48. The number of rotatable bonds is 4. The number of benzene rings is 1. The highest BCUT2D eigenvalue weighted by Gasteiger charge is 2.11. The Morgan fingerprint density at radius 3 is 2.71 bits per heavy atom. The van der Waals surface area contributed by atoms with Crippen molar-refractivity contribution in [1.82, 2.24) is 10.2 Å². The number of carbonyl (C=O) groups is 1. The van der Waals surface area contributed by atoms with E-state index in [-0.39, 0.29) is 12.3 Å². The highest BCUT2D eigenvalue weighted by atomic mass is 35.5. The lowest BCUT2D eigenvalue weighted by atomic mass is 10.1. The molecule has 0 unspecified atom stereocenters. The van der Waals surface area contributed by atoms with E-state index < -0.39 is 5.97 Å². The third kappa shape index (κ3) is 3.04. The summed E-state index contributed by atoms with van der Waals surface area (Å²) in [6, 6.07) is 7.31. The minimum atomic E-state index is -1.00. The van der Waals surface area contributed by atoms with Crippen molar-refractivity contribution in [2.45, 2.75) is 12.8 Å². The van der Waals surface area contributed by atoms with E-state index in [2.05, 4.69) is 10.2 Å². The molecule has 1 N–H and O–H groups in total. The number of hydrogen-bond acceptors (Lipinski definition) is 4. The molecule has 0 bridgehead atoms. The molecular formula is C11H9ClN2O3. The monoisotopic (exact) mass is 252 g/mol. The van der Waals surface area contributed by atoms with Crippen molar-refractivity contribution < 1.29 is 14.3 Å². The van der Waals surface area contributed by atoms with E-state index in [0.29, 0.717) is 17.3 Å². The zero-order chi connectivity index (χ0) is 12.3.